The molecule has 25 heavy (non-hydrogen) atoms. The Labute approximate surface area is 161 Å². The Morgan fingerprint density at radius 2 is 0.960 bits per heavy atom. The quantitative estimate of drug-likeness (QED) is 0.211. The van der Waals surface area contributed by atoms with Crippen LogP contribution in [0.2, 0.25) is 36.3 Å². The Morgan fingerprint density at radius 1 is 0.600 bits per heavy atom. The molecule has 0 bridgehead atoms. The lowest BCUT2D eigenvalue weighted by atomic mass is 10.1. The van der Waals surface area contributed by atoms with Gasteiger partial charge in [-0.25, -0.2) is 0 Å². The first kappa shape index (κ1) is 25.4. The summed E-state index contributed by atoms with van der Waals surface area (Å²) in [6, 6.07) is 3.82. The third-order valence-corrected chi connectivity index (χ3v) is 15.6. The Hall–Kier alpha value is 0.354. The summed E-state index contributed by atoms with van der Waals surface area (Å²) in [5.41, 5.74) is 0. The molecule has 0 aromatic heterocycles. The van der Waals surface area contributed by atoms with Crippen LogP contribution in [-0.4, -0.2) is 29.8 Å². The topological polar surface area (TPSA) is 18.5 Å². The van der Waals surface area contributed by atoms with Crippen LogP contribution in [0.15, 0.2) is 0 Å². The average Bonchev–Trinajstić information content (AvgIpc) is 2.55. The van der Waals surface area contributed by atoms with Crippen LogP contribution in [0.1, 0.15) is 86.5 Å². The van der Waals surface area contributed by atoms with Crippen LogP contribution in [0, 0.1) is 0 Å². The molecular formula is C21H48O2Si2. The van der Waals surface area contributed by atoms with E-state index in [9.17, 15) is 0 Å². The molecule has 2 nitrogen and oxygen atoms in total. The van der Waals surface area contributed by atoms with Crippen LogP contribution in [0.25, 0.3) is 0 Å². The van der Waals surface area contributed by atoms with Crippen molar-refractivity contribution < 1.29 is 8.85 Å². The molecule has 0 aliphatic carbocycles. The van der Waals surface area contributed by atoms with Crippen LogP contribution in [0.5, 0.6) is 0 Å². The third kappa shape index (κ3) is 10.3. The molecule has 0 saturated heterocycles. The summed E-state index contributed by atoms with van der Waals surface area (Å²) in [6.07, 6.45) is 9.24. The van der Waals surface area contributed by atoms with Gasteiger partial charge in [0.25, 0.3) is 0 Å². The van der Waals surface area contributed by atoms with Gasteiger partial charge in [0.1, 0.15) is 0 Å². The minimum absolute atomic E-state index is 0.336. The minimum Gasteiger partial charge on any atom is -0.417 e. The number of unbranched alkanes of at least 4 members (excludes halogenated alkanes) is 6. The summed E-state index contributed by atoms with van der Waals surface area (Å²) in [5.74, 6) is 0. The summed E-state index contributed by atoms with van der Waals surface area (Å²) >= 11 is 0. The second-order valence-electron chi connectivity index (χ2n) is 9.18. The van der Waals surface area contributed by atoms with E-state index in [0.717, 1.165) is 13.2 Å². The predicted molar refractivity (Wildman–Crippen MR) is 119 cm³/mol. The van der Waals surface area contributed by atoms with Crippen LogP contribution in [-0.2, 0) is 8.85 Å². The molecule has 0 unspecified atom stereocenters. The maximum Gasteiger partial charge on any atom is 0.191 e. The van der Waals surface area contributed by atoms with E-state index < -0.39 is 16.6 Å². The summed E-state index contributed by atoms with van der Waals surface area (Å²) in [6.45, 7) is 20.6. The second-order valence-corrected chi connectivity index (χ2v) is 18.8. The molecule has 0 saturated carbocycles. The van der Waals surface area contributed by atoms with Gasteiger partial charge in [-0.15, -0.1) is 0 Å². The van der Waals surface area contributed by atoms with Crippen molar-refractivity contribution in [1.82, 2.24) is 0 Å². The zero-order valence-corrected chi connectivity index (χ0v) is 20.8. The molecule has 0 N–H and O–H groups in total. The van der Waals surface area contributed by atoms with Gasteiger partial charge in [-0.05, 0) is 49.1 Å². The molecule has 0 spiro atoms. The molecular weight excluding hydrogens is 340 g/mol. The molecule has 0 heterocycles. The van der Waals surface area contributed by atoms with Crippen LogP contribution in [0.4, 0.5) is 0 Å². The molecule has 0 aromatic rings. The fraction of sp³-hybridized carbons (Fsp3) is 1.00. The van der Waals surface area contributed by atoms with Crippen LogP contribution < -0.4 is 0 Å². The molecule has 0 atom stereocenters. The van der Waals surface area contributed by atoms with Gasteiger partial charge in [0.05, 0.1) is 0 Å². The van der Waals surface area contributed by atoms with Crippen molar-refractivity contribution in [3.05, 3.63) is 0 Å². The molecule has 0 rings (SSSR count). The standard InChI is InChI=1S/C21H48O2Si2/c1-9-25(10-2,11-3)23-20-18-16-14-12-13-15-17-19-22-24(7,8)21(4,5)6/h9-20H2,1-8H3. The van der Waals surface area contributed by atoms with Crippen molar-refractivity contribution in [3.8, 4) is 0 Å². The molecule has 4 heteroatoms. The predicted octanol–water partition coefficient (Wildman–Crippen LogP) is 7.76. The fourth-order valence-corrected chi connectivity index (χ4v) is 6.75. The first-order valence-electron chi connectivity index (χ1n) is 10.9. The summed E-state index contributed by atoms with van der Waals surface area (Å²) in [4.78, 5) is 0. The first-order chi connectivity index (χ1) is 11.6. The van der Waals surface area contributed by atoms with Crippen molar-refractivity contribution in [2.24, 2.45) is 0 Å². The van der Waals surface area contributed by atoms with Gasteiger partial charge in [-0.2, -0.15) is 0 Å². The highest BCUT2D eigenvalue weighted by atomic mass is 28.4. The van der Waals surface area contributed by atoms with E-state index in [2.05, 4.69) is 54.6 Å². The van der Waals surface area contributed by atoms with Crippen molar-refractivity contribution in [1.29, 1.82) is 0 Å². The van der Waals surface area contributed by atoms with E-state index in [4.69, 9.17) is 8.85 Å². The lowest BCUT2D eigenvalue weighted by Crippen LogP contribution is -2.40. The maximum absolute atomic E-state index is 6.32. The Morgan fingerprint density at radius 3 is 1.32 bits per heavy atom. The highest BCUT2D eigenvalue weighted by molar-refractivity contribution is 6.74. The van der Waals surface area contributed by atoms with E-state index in [1.165, 1.54) is 63.1 Å². The summed E-state index contributed by atoms with van der Waals surface area (Å²) in [7, 11) is -2.88. The molecule has 0 radical (unpaired) electrons. The highest BCUT2D eigenvalue weighted by Crippen LogP contribution is 2.36. The normalized spacial score (nSPS) is 13.4. The zero-order chi connectivity index (χ0) is 19.4. The smallest absolute Gasteiger partial charge is 0.191 e. The van der Waals surface area contributed by atoms with Crippen molar-refractivity contribution in [2.75, 3.05) is 13.2 Å². The minimum atomic E-state index is -1.53. The van der Waals surface area contributed by atoms with E-state index in [-0.39, 0.29) is 0 Å². The van der Waals surface area contributed by atoms with Gasteiger partial charge >= 0.3 is 0 Å². The molecule has 0 aliphatic heterocycles. The van der Waals surface area contributed by atoms with Gasteiger partial charge in [-0.3, -0.25) is 0 Å². The van der Waals surface area contributed by atoms with Gasteiger partial charge in [0.15, 0.2) is 16.6 Å². The molecule has 152 valence electrons. The average molecular weight is 389 g/mol. The van der Waals surface area contributed by atoms with Gasteiger partial charge in [0, 0.05) is 13.2 Å². The molecule has 0 fully saturated rings. The van der Waals surface area contributed by atoms with Crippen molar-refractivity contribution >= 4 is 16.6 Å². The lowest BCUT2D eigenvalue weighted by molar-refractivity contribution is 0.276. The highest BCUT2D eigenvalue weighted by Gasteiger charge is 2.36. The monoisotopic (exact) mass is 388 g/mol. The van der Waals surface area contributed by atoms with Crippen molar-refractivity contribution in [3.63, 3.8) is 0 Å². The van der Waals surface area contributed by atoms with Gasteiger partial charge in [-0.1, -0.05) is 73.6 Å². The van der Waals surface area contributed by atoms with E-state index in [0.29, 0.717) is 5.04 Å². The second kappa shape index (κ2) is 12.7. The molecule has 0 aromatic carbocycles. The molecule has 0 amide bonds. The molecule has 0 aliphatic rings. The maximum atomic E-state index is 6.32. The van der Waals surface area contributed by atoms with E-state index in [1.807, 2.05) is 0 Å². The summed E-state index contributed by atoms with van der Waals surface area (Å²) in [5, 5.41) is 0.336. The third-order valence-electron chi connectivity index (χ3n) is 6.40. The zero-order valence-electron chi connectivity index (χ0n) is 18.8. The van der Waals surface area contributed by atoms with Gasteiger partial charge in [0.2, 0.25) is 0 Å². The number of hydrogen-bond donors (Lipinski definition) is 0. The fourth-order valence-electron chi connectivity index (χ4n) is 2.98. The number of hydrogen-bond acceptors (Lipinski definition) is 2. The SMILES string of the molecule is CC[Si](CC)(CC)OCCCCCCCCCO[Si](C)(C)C(C)(C)C. The van der Waals surface area contributed by atoms with E-state index >= 15 is 0 Å². The van der Waals surface area contributed by atoms with Gasteiger partial charge < -0.3 is 8.85 Å². The Kier molecular flexibility index (Phi) is 12.9. The van der Waals surface area contributed by atoms with Crippen molar-refractivity contribution in [2.45, 2.75) is 123 Å². The largest absolute Gasteiger partial charge is 0.417 e. The van der Waals surface area contributed by atoms with Crippen LogP contribution >= 0.6 is 0 Å². The Bertz CT molecular complexity index is 302. The first-order valence-corrected chi connectivity index (χ1v) is 16.4. The number of rotatable bonds is 15. The Balaban J connectivity index is 3.54. The lowest BCUT2D eigenvalue weighted by Gasteiger charge is -2.36. The summed E-state index contributed by atoms with van der Waals surface area (Å²) < 4.78 is 12.6. The van der Waals surface area contributed by atoms with E-state index in [1.54, 1.807) is 0 Å². The van der Waals surface area contributed by atoms with Crippen LogP contribution in [0.3, 0.4) is 0 Å².